The van der Waals surface area contributed by atoms with Crippen molar-refractivity contribution in [3.8, 4) is 45.9 Å². The second kappa shape index (κ2) is 21.8. The van der Waals surface area contributed by atoms with Crippen LogP contribution in [-0.2, 0) is 51.2 Å². The molecule has 0 fully saturated rings. The van der Waals surface area contributed by atoms with Gasteiger partial charge in [-0.3, -0.25) is 29.0 Å². The Morgan fingerprint density at radius 2 is 0.912 bits per heavy atom. The largest absolute Gasteiger partial charge is 0.459 e. The van der Waals surface area contributed by atoms with Crippen LogP contribution in [0.25, 0.3) is 34.1 Å². The molecule has 0 amide bonds. The SMILES string of the molecule is CC(C)(C)OC(=O)CN(CC(=O)OC(C)(C)C)Cc1cccc(-c2cc(-c3ccc(C#Cc4ccc(N)cc4)o3)cc(-c3cccc(CN(CC(=O)OC(C)(C)C)CC(=O)OC(C)(C)C)n3)n2)n1. The highest BCUT2D eigenvalue weighted by Crippen LogP contribution is 2.31. The number of hydrogen-bond acceptors (Lipinski definition) is 15. The van der Waals surface area contributed by atoms with Gasteiger partial charge in [0.25, 0.3) is 0 Å². The highest BCUT2D eigenvalue weighted by atomic mass is 16.6. The summed E-state index contributed by atoms with van der Waals surface area (Å²) in [5, 5.41) is 0. The lowest BCUT2D eigenvalue weighted by atomic mass is 10.1. The predicted molar refractivity (Wildman–Crippen MR) is 259 cm³/mol. The summed E-state index contributed by atoms with van der Waals surface area (Å²) in [7, 11) is 0. The molecule has 0 saturated heterocycles. The van der Waals surface area contributed by atoms with Crippen LogP contribution in [0.4, 0.5) is 5.69 Å². The van der Waals surface area contributed by atoms with E-state index in [1.165, 1.54) is 0 Å². The quantitative estimate of drug-likeness (QED) is 0.0455. The van der Waals surface area contributed by atoms with Crippen LogP contribution in [0.5, 0.6) is 0 Å². The zero-order valence-electron chi connectivity index (χ0n) is 41.3. The zero-order valence-corrected chi connectivity index (χ0v) is 41.3. The van der Waals surface area contributed by atoms with Crippen molar-refractivity contribution in [3.63, 3.8) is 0 Å². The molecule has 68 heavy (non-hydrogen) atoms. The van der Waals surface area contributed by atoms with Gasteiger partial charge in [-0.1, -0.05) is 18.1 Å². The number of furan rings is 1. The molecule has 0 bridgehead atoms. The number of anilines is 1. The number of carbonyl (C=O) groups is 4. The van der Waals surface area contributed by atoms with E-state index < -0.39 is 46.3 Å². The summed E-state index contributed by atoms with van der Waals surface area (Å²) in [5.41, 5.74) is 8.04. The van der Waals surface area contributed by atoms with Gasteiger partial charge in [0.05, 0.1) is 60.3 Å². The monoisotopic (exact) mass is 928 g/mol. The molecule has 0 radical (unpaired) electrons. The summed E-state index contributed by atoms with van der Waals surface area (Å²) in [6, 6.07) is 25.4. The average molecular weight is 929 g/mol. The van der Waals surface area contributed by atoms with E-state index in [4.69, 9.17) is 44.1 Å². The third-order valence-electron chi connectivity index (χ3n) is 8.96. The maximum atomic E-state index is 13.0. The number of benzene rings is 1. The van der Waals surface area contributed by atoms with Crippen LogP contribution in [0.1, 0.15) is 106 Å². The molecule has 0 saturated carbocycles. The number of esters is 4. The van der Waals surface area contributed by atoms with Gasteiger partial charge in [-0.15, -0.1) is 0 Å². The Hall–Kier alpha value is -6.89. The predicted octanol–water partition coefficient (Wildman–Crippen LogP) is 8.42. The zero-order chi connectivity index (χ0) is 50.0. The summed E-state index contributed by atoms with van der Waals surface area (Å²) in [5.74, 6) is 5.12. The summed E-state index contributed by atoms with van der Waals surface area (Å²) < 4.78 is 28.7. The summed E-state index contributed by atoms with van der Waals surface area (Å²) in [6.45, 7) is 20.8. The van der Waals surface area contributed by atoms with E-state index in [1.807, 2.05) is 54.6 Å². The molecule has 0 atom stereocenters. The number of nitrogen functional groups attached to an aromatic ring is 1. The first-order chi connectivity index (χ1) is 31.6. The van der Waals surface area contributed by atoms with Crippen molar-refractivity contribution in [1.29, 1.82) is 0 Å². The second-order valence-electron chi connectivity index (χ2n) is 20.3. The van der Waals surface area contributed by atoms with Crippen LogP contribution in [0.3, 0.4) is 0 Å². The Morgan fingerprint density at radius 3 is 1.29 bits per heavy atom. The van der Waals surface area contributed by atoms with Crippen molar-refractivity contribution in [2.75, 3.05) is 31.9 Å². The maximum absolute atomic E-state index is 13.0. The molecule has 0 unspecified atom stereocenters. The van der Waals surface area contributed by atoms with Gasteiger partial charge < -0.3 is 29.1 Å². The van der Waals surface area contributed by atoms with Crippen molar-refractivity contribution in [2.45, 2.75) is 119 Å². The van der Waals surface area contributed by atoms with Crippen LogP contribution in [0.2, 0.25) is 0 Å². The van der Waals surface area contributed by atoms with Gasteiger partial charge in [-0.2, -0.15) is 0 Å². The smallest absolute Gasteiger partial charge is 0.320 e. The number of aromatic nitrogens is 3. The molecule has 15 nitrogen and oxygen atoms in total. The number of carbonyl (C=O) groups excluding carboxylic acids is 4. The van der Waals surface area contributed by atoms with Gasteiger partial charge in [0, 0.05) is 29.9 Å². The number of nitrogens with two attached hydrogens (primary N) is 1. The van der Waals surface area contributed by atoms with Crippen LogP contribution in [-0.4, -0.2) is 97.2 Å². The molecule has 1 aromatic carbocycles. The molecular formula is C53H64N6O9. The lowest BCUT2D eigenvalue weighted by molar-refractivity contribution is -0.162. The molecule has 4 aromatic heterocycles. The minimum atomic E-state index is -0.729. The standard InChI is InChI=1S/C53H64N6O9/c1-50(2,3)65-46(60)31-58(32-47(61)66-51(4,5)6)29-38-15-13-17-41(55-38)43-27-36(45-26-25-40(64-45)24-21-35-19-22-37(54)23-20-35)28-44(57-43)42-18-14-16-39(56-42)30-59(33-48(62)67-52(7,8)9)34-49(63)68-53(10,11)12/h13-20,22-23,25-28H,29-34,54H2,1-12H3. The van der Waals surface area contributed by atoms with Crippen molar-refractivity contribution in [2.24, 2.45) is 0 Å². The minimum Gasteiger partial charge on any atom is -0.459 e. The van der Waals surface area contributed by atoms with Gasteiger partial charge in [0.15, 0.2) is 5.76 Å². The number of pyridine rings is 3. The van der Waals surface area contributed by atoms with E-state index in [0.29, 0.717) is 56.9 Å². The first kappa shape index (κ1) is 52.1. The molecule has 0 aliphatic carbocycles. The Morgan fingerprint density at radius 1 is 0.515 bits per heavy atom. The third kappa shape index (κ3) is 18.1. The second-order valence-corrected chi connectivity index (χ2v) is 20.3. The van der Waals surface area contributed by atoms with Gasteiger partial charge in [0.1, 0.15) is 28.2 Å². The van der Waals surface area contributed by atoms with Gasteiger partial charge in [0.2, 0.25) is 0 Å². The highest BCUT2D eigenvalue weighted by molar-refractivity contribution is 5.77. The van der Waals surface area contributed by atoms with Gasteiger partial charge in [-0.05, 0) is 162 Å². The van der Waals surface area contributed by atoms with Crippen molar-refractivity contribution in [3.05, 3.63) is 108 Å². The van der Waals surface area contributed by atoms with Crippen LogP contribution < -0.4 is 5.73 Å². The number of nitrogens with zero attached hydrogens (tertiary/aromatic N) is 5. The summed E-state index contributed by atoms with van der Waals surface area (Å²) >= 11 is 0. The lowest BCUT2D eigenvalue weighted by Gasteiger charge is -2.26. The van der Waals surface area contributed by atoms with Crippen LogP contribution in [0, 0.1) is 11.8 Å². The molecule has 5 rings (SSSR count). The van der Waals surface area contributed by atoms with E-state index in [-0.39, 0.29) is 39.3 Å². The number of ether oxygens (including phenoxy) is 4. The Kier molecular flexibility index (Phi) is 16.7. The third-order valence-corrected chi connectivity index (χ3v) is 8.96. The Balaban J connectivity index is 1.54. The van der Waals surface area contributed by atoms with E-state index in [1.54, 1.807) is 123 Å². The normalized spacial score (nSPS) is 12.0. The summed E-state index contributed by atoms with van der Waals surface area (Å²) in [6.07, 6.45) is 0. The molecule has 0 aliphatic heterocycles. The van der Waals surface area contributed by atoms with Crippen molar-refractivity contribution >= 4 is 29.6 Å². The summed E-state index contributed by atoms with van der Waals surface area (Å²) in [4.78, 5) is 70.4. The molecule has 15 heteroatoms. The number of rotatable bonds is 15. The van der Waals surface area contributed by atoms with Crippen LogP contribution in [0.15, 0.2) is 89.3 Å². The molecule has 360 valence electrons. The molecule has 0 spiro atoms. The van der Waals surface area contributed by atoms with E-state index >= 15 is 0 Å². The molecule has 5 aromatic rings. The molecule has 2 N–H and O–H groups in total. The number of hydrogen-bond donors (Lipinski definition) is 1. The van der Waals surface area contributed by atoms with E-state index in [2.05, 4.69) is 11.8 Å². The van der Waals surface area contributed by atoms with Gasteiger partial charge >= 0.3 is 23.9 Å². The highest BCUT2D eigenvalue weighted by Gasteiger charge is 2.26. The van der Waals surface area contributed by atoms with Gasteiger partial charge in [-0.25, -0.2) is 15.0 Å². The van der Waals surface area contributed by atoms with Crippen LogP contribution >= 0.6 is 0 Å². The fourth-order valence-electron chi connectivity index (χ4n) is 6.64. The topological polar surface area (TPSA) is 190 Å². The molecule has 0 aliphatic rings. The van der Waals surface area contributed by atoms with E-state index in [0.717, 1.165) is 5.56 Å². The molecule has 4 heterocycles. The lowest BCUT2D eigenvalue weighted by Crippen LogP contribution is -2.39. The fourth-order valence-corrected chi connectivity index (χ4v) is 6.64. The Bertz CT molecular complexity index is 2450. The first-order valence-electron chi connectivity index (χ1n) is 22.4. The van der Waals surface area contributed by atoms with Crippen molar-refractivity contribution in [1.82, 2.24) is 24.8 Å². The van der Waals surface area contributed by atoms with Crippen molar-refractivity contribution < 1.29 is 42.5 Å². The van der Waals surface area contributed by atoms with E-state index in [9.17, 15) is 19.2 Å². The molecular weight excluding hydrogens is 865 g/mol. The first-order valence-corrected chi connectivity index (χ1v) is 22.4. The average Bonchev–Trinajstić information content (AvgIpc) is 3.67. The fraction of sp³-hybridized carbons (Fsp3) is 0.415. The Labute approximate surface area is 399 Å². The maximum Gasteiger partial charge on any atom is 0.320 e. The minimum absolute atomic E-state index is 0.111.